The standard InChI is InChI=1S/C34H36O4S3/c1-3-5-7-11-15-37-24-19-29(39-21-24)30-18-23(17-28-32(35)26-13-9-10-14-27(26)33(28)36)34(41-30)31-20-25(22-40-31)38-16-12-8-6-4-2/h9-10,13-14,17-22H,3-8,11-12,15-16H2,1-2H3. The van der Waals surface area contributed by atoms with Crippen molar-refractivity contribution in [1.82, 2.24) is 0 Å². The first kappa shape index (κ1) is 29.5. The topological polar surface area (TPSA) is 52.6 Å². The van der Waals surface area contributed by atoms with Gasteiger partial charge in [0.1, 0.15) is 11.5 Å². The molecule has 0 spiro atoms. The maximum atomic E-state index is 13.2. The van der Waals surface area contributed by atoms with Crippen molar-refractivity contribution in [2.75, 3.05) is 13.2 Å². The number of ether oxygens (including phenoxy) is 2. The minimum atomic E-state index is -0.207. The zero-order valence-electron chi connectivity index (χ0n) is 23.7. The molecule has 7 heteroatoms. The van der Waals surface area contributed by atoms with E-state index in [2.05, 4.69) is 37.4 Å². The van der Waals surface area contributed by atoms with Crippen LogP contribution in [0.3, 0.4) is 0 Å². The Kier molecular flexibility index (Phi) is 10.3. The summed E-state index contributed by atoms with van der Waals surface area (Å²) in [4.78, 5) is 30.7. The van der Waals surface area contributed by atoms with E-state index in [9.17, 15) is 9.59 Å². The van der Waals surface area contributed by atoms with Crippen LogP contribution in [0.1, 0.15) is 91.5 Å². The molecule has 4 nitrogen and oxygen atoms in total. The smallest absolute Gasteiger partial charge is 0.197 e. The van der Waals surface area contributed by atoms with Crippen LogP contribution < -0.4 is 9.47 Å². The molecule has 0 bridgehead atoms. The lowest BCUT2D eigenvalue weighted by Crippen LogP contribution is -2.00. The maximum Gasteiger partial charge on any atom is 0.197 e. The van der Waals surface area contributed by atoms with Crippen LogP contribution in [0.25, 0.3) is 25.6 Å². The van der Waals surface area contributed by atoms with Crippen molar-refractivity contribution in [2.24, 2.45) is 0 Å². The van der Waals surface area contributed by atoms with Gasteiger partial charge in [-0.15, -0.1) is 34.0 Å². The Hall–Kier alpha value is -3.00. The largest absolute Gasteiger partial charge is 0.493 e. The van der Waals surface area contributed by atoms with Crippen molar-refractivity contribution in [1.29, 1.82) is 0 Å². The lowest BCUT2D eigenvalue weighted by Gasteiger charge is -2.02. The zero-order chi connectivity index (χ0) is 28.6. The Labute approximate surface area is 254 Å². The highest BCUT2D eigenvalue weighted by molar-refractivity contribution is 7.26. The summed E-state index contributed by atoms with van der Waals surface area (Å²) in [5.74, 6) is 1.34. The van der Waals surface area contributed by atoms with Gasteiger partial charge in [-0.25, -0.2) is 0 Å². The number of hydrogen-bond donors (Lipinski definition) is 0. The Morgan fingerprint density at radius 1 is 0.683 bits per heavy atom. The second-order valence-corrected chi connectivity index (χ2v) is 13.1. The van der Waals surface area contributed by atoms with E-state index in [1.165, 1.54) is 38.5 Å². The predicted molar refractivity (Wildman–Crippen MR) is 173 cm³/mol. The Morgan fingerprint density at radius 3 is 1.83 bits per heavy atom. The number of allylic oxidation sites excluding steroid dienone is 1. The van der Waals surface area contributed by atoms with Crippen molar-refractivity contribution in [3.8, 4) is 31.0 Å². The van der Waals surface area contributed by atoms with Gasteiger partial charge in [-0.05, 0) is 42.7 Å². The monoisotopic (exact) mass is 604 g/mol. The SMILES string of the molecule is CCCCCCOc1csc(-c2cc(C=C3C(=O)c4ccccc4C3=O)c(-c3cc(OCCCCCC)cs3)s2)c1. The number of rotatable bonds is 15. The van der Waals surface area contributed by atoms with Crippen molar-refractivity contribution >= 4 is 51.7 Å². The van der Waals surface area contributed by atoms with Crippen LogP contribution in [-0.2, 0) is 0 Å². The summed E-state index contributed by atoms with van der Waals surface area (Å²) in [7, 11) is 0. The van der Waals surface area contributed by atoms with E-state index >= 15 is 0 Å². The first-order valence-electron chi connectivity index (χ1n) is 14.6. The van der Waals surface area contributed by atoms with Gasteiger partial charge in [-0.3, -0.25) is 9.59 Å². The summed E-state index contributed by atoms with van der Waals surface area (Å²) in [6, 6.07) is 13.3. The van der Waals surface area contributed by atoms with E-state index in [4.69, 9.17) is 9.47 Å². The number of hydrogen-bond acceptors (Lipinski definition) is 7. The average Bonchev–Trinajstić information content (AvgIpc) is 3.78. The predicted octanol–water partition coefficient (Wildman–Crippen LogP) is 10.6. The molecule has 1 aliphatic rings. The highest BCUT2D eigenvalue weighted by Crippen LogP contribution is 2.45. The Balaban J connectivity index is 1.41. The number of fused-ring (bicyclic) bond motifs is 1. The van der Waals surface area contributed by atoms with Crippen molar-refractivity contribution in [3.63, 3.8) is 0 Å². The number of ketones is 2. The van der Waals surface area contributed by atoms with Crippen LogP contribution >= 0.6 is 34.0 Å². The molecule has 5 rings (SSSR count). The summed E-state index contributed by atoms with van der Waals surface area (Å²) >= 11 is 4.96. The highest BCUT2D eigenvalue weighted by atomic mass is 32.1. The van der Waals surface area contributed by atoms with Gasteiger partial charge in [0.05, 0.1) is 23.7 Å². The molecular formula is C34H36O4S3. The van der Waals surface area contributed by atoms with Gasteiger partial charge >= 0.3 is 0 Å². The number of carbonyl (C=O) groups is 2. The average molecular weight is 605 g/mol. The molecule has 41 heavy (non-hydrogen) atoms. The lowest BCUT2D eigenvalue weighted by atomic mass is 10.1. The van der Waals surface area contributed by atoms with Crippen LogP contribution in [0.2, 0.25) is 0 Å². The summed E-state index contributed by atoms with van der Waals surface area (Å²) in [5, 5.41) is 4.10. The number of carbonyl (C=O) groups excluding carboxylic acids is 2. The molecule has 3 heterocycles. The fraction of sp³-hybridized carbons (Fsp3) is 0.353. The quantitative estimate of drug-likeness (QED) is 0.0769. The molecule has 0 saturated heterocycles. The second kappa shape index (κ2) is 14.3. The van der Waals surface area contributed by atoms with E-state index in [1.807, 2.05) is 5.38 Å². The first-order valence-corrected chi connectivity index (χ1v) is 17.1. The van der Waals surface area contributed by atoms with Crippen molar-refractivity contribution in [2.45, 2.75) is 65.2 Å². The second-order valence-electron chi connectivity index (χ2n) is 10.3. The summed E-state index contributed by atoms with van der Waals surface area (Å²) in [6.07, 6.45) is 11.1. The maximum absolute atomic E-state index is 13.2. The number of thiophene rings is 3. The zero-order valence-corrected chi connectivity index (χ0v) is 26.2. The number of unbranched alkanes of at least 4 members (excludes halogenated alkanes) is 6. The molecular weight excluding hydrogens is 569 g/mol. The van der Waals surface area contributed by atoms with Crippen molar-refractivity contribution in [3.05, 3.63) is 75.5 Å². The number of Topliss-reactive ketones (excluding diaryl/α,β-unsaturated/α-hetero) is 2. The Bertz CT molecular complexity index is 1480. The minimum absolute atomic E-state index is 0.207. The molecule has 1 aliphatic carbocycles. The van der Waals surface area contributed by atoms with E-state index in [-0.39, 0.29) is 17.1 Å². The molecule has 1 aromatic carbocycles. The third kappa shape index (κ3) is 7.08. The fourth-order valence-corrected chi connectivity index (χ4v) is 7.89. The van der Waals surface area contributed by atoms with E-state index < -0.39 is 0 Å². The van der Waals surface area contributed by atoms with Gasteiger partial charge in [0, 0.05) is 36.5 Å². The normalized spacial score (nSPS) is 12.7. The Morgan fingerprint density at radius 2 is 1.24 bits per heavy atom. The molecule has 214 valence electrons. The molecule has 0 aliphatic heterocycles. The summed E-state index contributed by atoms with van der Waals surface area (Å²) in [5.41, 5.74) is 2.06. The van der Waals surface area contributed by atoms with Gasteiger partial charge < -0.3 is 9.47 Å². The molecule has 0 amide bonds. The van der Waals surface area contributed by atoms with Crippen LogP contribution in [0.4, 0.5) is 0 Å². The summed E-state index contributed by atoms with van der Waals surface area (Å²) < 4.78 is 12.1. The van der Waals surface area contributed by atoms with Gasteiger partial charge in [-0.1, -0.05) is 76.6 Å². The van der Waals surface area contributed by atoms with Gasteiger partial charge in [-0.2, -0.15) is 0 Å². The van der Waals surface area contributed by atoms with Crippen molar-refractivity contribution < 1.29 is 19.1 Å². The van der Waals surface area contributed by atoms with Gasteiger partial charge in [0.15, 0.2) is 11.6 Å². The van der Waals surface area contributed by atoms with E-state index in [0.717, 1.165) is 56.0 Å². The molecule has 4 aromatic rings. The van der Waals surface area contributed by atoms with Crippen LogP contribution in [0, 0.1) is 0 Å². The third-order valence-electron chi connectivity index (χ3n) is 7.12. The molecule has 0 unspecified atom stereocenters. The van der Waals surface area contributed by atoms with E-state index in [0.29, 0.717) is 17.7 Å². The molecule has 3 aromatic heterocycles. The molecule has 0 atom stereocenters. The molecule has 0 N–H and O–H groups in total. The molecule has 0 fully saturated rings. The van der Waals surface area contributed by atoms with Gasteiger partial charge in [0.2, 0.25) is 0 Å². The summed E-state index contributed by atoms with van der Waals surface area (Å²) in [6.45, 7) is 5.85. The molecule has 0 saturated carbocycles. The highest BCUT2D eigenvalue weighted by Gasteiger charge is 2.33. The van der Waals surface area contributed by atoms with Crippen LogP contribution in [0.15, 0.2) is 58.8 Å². The van der Waals surface area contributed by atoms with Crippen LogP contribution in [-0.4, -0.2) is 24.8 Å². The lowest BCUT2D eigenvalue weighted by molar-refractivity contribution is 0.0990. The van der Waals surface area contributed by atoms with Crippen LogP contribution in [0.5, 0.6) is 11.5 Å². The van der Waals surface area contributed by atoms with E-state index in [1.54, 1.807) is 64.4 Å². The fourth-order valence-electron chi connectivity index (χ4n) is 4.86. The minimum Gasteiger partial charge on any atom is -0.493 e. The van der Waals surface area contributed by atoms with Gasteiger partial charge in [0.25, 0.3) is 0 Å². The number of benzene rings is 1. The first-order chi connectivity index (χ1) is 20.1. The third-order valence-corrected chi connectivity index (χ3v) is 10.5. The molecule has 0 radical (unpaired) electrons.